The zero-order valence-corrected chi connectivity index (χ0v) is 14.4. The van der Waals surface area contributed by atoms with Crippen LogP contribution in [0.4, 0.5) is 8.78 Å². The number of hydrogen-bond donors (Lipinski definition) is 2. The zero-order valence-electron chi connectivity index (χ0n) is 14.4. The molecular weight excluding hydrogens is 352 g/mol. The van der Waals surface area contributed by atoms with Crippen molar-refractivity contribution < 1.29 is 18.7 Å². The lowest BCUT2D eigenvalue weighted by Gasteiger charge is -2.26. The average Bonchev–Trinajstić information content (AvgIpc) is 3.14. The second-order valence-corrected chi connectivity index (χ2v) is 6.40. The lowest BCUT2D eigenvalue weighted by molar-refractivity contribution is -0.133. The molecule has 2 aromatic heterocycles. The first kappa shape index (κ1) is 17.4. The predicted molar refractivity (Wildman–Crippen MR) is 97.7 cm³/mol. The van der Waals surface area contributed by atoms with Gasteiger partial charge in [-0.1, -0.05) is 18.2 Å². The van der Waals surface area contributed by atoms with E-state index < -0.39 is 18.2 Å². The third-order valence-corrected chi connectivity index (χ3v) is 4.76. The number of aromatic nitrogens is 2. The molecule has 0 atom stereocenters. The van der Waals surface area contributed by atoms with E-state index in [-0.39, 0.29) is 11.5 Å². The van der Waals surface area contributed by atoms with Crippen molar-refractivity contribution in [2.24, 2.45) is 0 Å². The Morgan fingerprint density at radius 2 is 2.11 bits per heavy atom. The number of carbonyl (C=O) groups excluding carboxylic acids is 1. The van der Waals surface area contributed by atoms with Gasteiger partial charge < -0.3 is 15.0 Å². The van der Waals surface area contributed by atoms with E-state index >= 15 is 0 Å². The van der Waals surface area contributed by atoms with E-state index in [0.717, 1.165) is 17.3 Å². The minimum atomic E-state index is -0.902. The molecule has 0 unspecified atom stereocenters. The van der Waals surface area contributed by atoms with E-state index in [1.54, 1.807) is 17.2 Å². The lowest BCUT2D eigenvalue weighted by Crippen LogP contribution is -2.37. The molecule has 0 saturated carbocycles. The van der Waals surface area contributed by atoms with Gasteiger partial charge >= 0.3 is 0 Å². The molecule has 3 heterocycles. The maximum absolute atomic E-state index is 14.3. The first-order chi connectivity index (χ1) is 13.1. The van der Waals surface area contributed by atoms with Crippen molar-refractivity contribution in [1.82, 2.24) is 14.9 Å². The molecule has 1 amide bonds. The van der Waals surface area contributed by atoms with Crippen LogP contribution in [-0.2, 0) is 4.79 Å². The van der Waals surface area contributed by atoms with Crippen LogP contribution in [0, 0.1) is 11.6 Å². The molecular formula is C20H17F2N3O2. The molecule has 5 nitrogen and oxygen atoms in total. The maximum atomic E-state index is 14.3. The number of pyridine rings is 1. The van der Waals surface area contributed by atoms with E-state index in [1.165, 1.54) is 12.1 Å². The first-order valence-electron chi connectivity index (χ1n) is 8.58. The van der Waals surface area contributed by atoms with Gasteiger partial charge in [-0.3, -0.25) is 4.79 Å². The summed E-state index contributed by atoms with van der Waals surface area (Å²) in [6.07, 6.45) is 4.24. The number of nitrogens with one attached hydrogen (secondary N) is 1. The van der Waals surface area contributed by atoms with Crippen molar-refractivity contribution in [1.29, 1.82) is 0 Å². The maximum Gasteiger partial charge on any atom is 0.248 e. The molecule has 0 aliphatic carbocycles. The third kappa shape index (κ3) is 3.10. The number of carbonyl (C=O) groups is 1. The SMILES string of the molecule is O=C(CO)N1CCC=C(c2cc3c(-c4cccc(F)c4F)ccnc3[nH]2)C1. The number of fused-ring (bicyclic) bond motifs is 1. The topological polar surface area (TPSA) is 69.2 Å². The van der Waals surface area contributed by atoms with E-state index in [9.17, 15) is 13.6 Å². The Morgan fingerprint density at radius 1 is 1.26 bits per heavy atom. The van der Waals surface area contributed by atoms with E-state index in [4.69, 9.17) is 5.11 Å². The predicted octanol–water partition coefficient (Wildman–Crippen LogP) is 3.12. The highest BCUT2D eigenvalue weighted by molar-refractivity contribution is 5.95. The molecule has 27 heavy (non-hydrogen) atoms. The summed E-state index contributed by atoms with van der Waals surface area (Å²) >= 11 is 0. The van der Waals surface area contributed by atoms with E-state index in [1.807, 2.05) is 12.1 Å². The van der Waals surface area contributed by atoms with Gasteiger partial charge in [-0.25, -0.2) is 13.8 Å². The Labute approximate surface area is 154 Å². The molecule has 1 aliphatic rings. The molecule has 3 aromatic rings. The van der Waals surface area contributed by atoms with E-state index in [2.05, 4.69) is 9.97 Å². The van der Waals surface area contributed by atoms with Gasteiger partial charge in [0.2, 0.25) is 5.91 Å². The van der Waals surface area contributed by atoms with Crippen LogP contribution in [0.2, 0.25) is 0 Å². The number of H-pyrrole nitrogens is 1. The number of aromatic amines is 1. The standard InChI is InChI=1S/C20H17F2N3O2/c21-16-5-1-4-14(19(16)22)13-6-7-23-20-15(13)9-17(24-20)12-3-2-8-25(10-12)18(27)11-26/h1,3-7,9,26H,2,8,10-11H2,(H,23,24). The molecule has 7 heteroatoms. The average molecular weight is 369 g/mol. The monoisotopic (exact) mass is 369 g/mol. The molecule has 138 valence electrons. The van der Waals surface area contributed by atoms with Gasteiger partial charge in [0.25, 0.3) is 0 Å². The van der Waals surface area contributed by atoms with Gasteiger partial charge in [0, 0.05) is 35.9 Å². The molecule has 0 bridgehead atoms. The third-order valence-electron chi connectivity index (χ3n) is 4.76. The second kappa shape index (κ2) is 6.92. The number of nitrogens with zero attached hydrogens (tertiary/aromatic N) is 2. The van der Waals surface area contributed by atoms with Crippen LogP contribution < -0.4 is 0 Å². The molecule has 4 rings (SSSR count). The summed E-state index contributed by atoms with van der Waals surface area (Å²) < 4.78 is 27.9. The van der Waals surface area contributed by atoms with Crippen molar-refractivity contribution in [3.8, 4) is 11.1 Å². The molecule has 1 aliphatic heterocycles. The van der Waals surface area contributed by atoms with Crippen LogP contribution in [-0.4, -0.2) is 45.6 Å². The highest BCUT2D eigenvalue weighted by Crippen LogP contribution is 2.32. The summed E-state index contributed by atoms with van der Waals surface area (Å²) in [6.45, 7) is 0.404. The molecule has 0 fully saturated rings. The molecule has 0 radical (unpaired) electrons. The number of aliphatic hydroxyl groups excluding tert-OH is 1. The fourth-order valence-electron chi connectivity index (χ4n) is 3.40. The van der Waals surface area contributed by atoms with Gasteiger partial charge in [0.05, 0.1) is 0 Å². The van der Waals surface area contributed by atoms with Crippen molar-refractivity contribution in [3.63, 3.8) is 0 Å². The van der Waals surface area contributed by atoms with Crippen LogP contribution >= 0.6 is 0 Å². The number of halogens is 2. The number of rotatable bonds is 3. The summed E-state index contributed by atoms with van der Waals surface area (Å²) in [5.41, 5.74) is 2.92. The van der Waals surface area contributed by atoms with Crippen molar-refractivity contribution in [2.75, 3.05) is 19.7 Å². The van der Waals surface area contributed by atoms with Crippen LogP contribution in [0.25, 0.3) is 27.7 Å². The van der Waals surface area contributed by atoms with E-state index in [0.29, 0.717) is 36.1 Å². The number of hydrogen-bond acceptors (Lipinski definition) is 3. The van der Waals surface area contributed by atoms with Gasteiger partial charge in [-0.15, -0.1) is 0 Å². The first-order valence-corrected chi connectivity index (χ1v) is 8.58. The molecule has 0 spiro atoms. The van der Waals surface area contributed by atoms with Crippen molar-refractivity contribution in [2.45, 2.75) is 6.42 Å². The van der Waals surface area contributed by atoms with Crippen molar-refractivity contribution in [3.05, 3.63) is 59.9 Å². The molecule has 0 saturated heterocycles. The Morgan fingerprint density at radius 3 is 2.93 bits per heavy atom. The summed E-state index contributed by atoms with van der Waals surface area (Å²) in [7, 11) is 0. The quantitative estimate of drug-likeness (QED) is 0.745. The highest BCUT2D eigenvalue weighted by Gasteiger charge is 2.20. The fourth-order valence-corrected chi connectivity index (χ4v) is 3.40. The Bertz CT molecular complexity index is 1060. The Kier molecular flexibility index (Phi) is 4.45. The van der Waals surface area contributed by atoms with Crippen molar-refractivity contribution >= 4 is 22.5 Å². The fraction of sp³-hybridized carbons (Fsp3) is 0.200. The number of amides is 1. The highest BCUT2D eigenvalue weighted by atomic mass is 19.2. The number of benzene rings is 1. The number of aliphatic hydroxyl groups is 1. The smallest absolute Gasteiger partial charge is 0.248 e. The summed E-state index contributed by atoms with van der Waals surface area (Å²) in [5.74, 6) is -2.12. The van der Waals surface area contributed by atoms with Crippen LogP contribution in [0.15, 0.2) is 42.6 Å². The summed E-state index contributed by atoms with van der Waals surface area (Å²) in [5, 5.41) is 9.74. The van der Waals surface area contributed by atoms with Crippen LogP contribution in [0.1, 0.15) is 12.1 Å². The van der Waals surface area contributed by atoms with Gasteiger partial charge in [0.15, 0.2) is 11.6 Å². The minimum absolute atomic E-state index is 0.169. The Balaban J connectivity index is 1.77. The molecule has 2 N–H and O–H groups in total. The summed E-state index contributed by atoms with van der Waals surface area (Å²) in [4.78, 5) is 20.8. The minimum Gasteiger partial charge on any atom is -0.387 e. The lowest BCUT2D eigenvalue weighted by atomic mass is 10.0. The van der Waals surface area contributed by atoms with Gasteiger partial charge in [0.1, 0.15) is 12.3 Å². The summed E-state index contributed by atoms with van der Waals surface area (Å²) in [6, 6.07) is 7.56. The van der Waals surface area contributed by atoms with Crippen LogP contribution in [0.3, 0.4) is 0 Å². The van der Waals surface area contributed by atoms with Crippen LogP contribution in [0.5, 0.6) is 0 Å². The zero-order chi connectivity index (χ0) is 19.0. The van der Waals surface area contributed by atoms with Gasteiger partial charge in [-0.2, -0.15) is 0 Å². The Hall–Kier alpha value is -3.06. The van der Waals surface area contributed by atoms with Gasteiger partial charge in [-0.05, 0) is 35.8 Å². The second-order valence-electron chi connectivity index (χ2n) is 6.40. The normalized spacial score (nSPS) is 14.5. The largest absolute Gasteiger partial charge is 0.387 e. The molecule has 1 aromatic carbocycles.